The van der Waals surface area contributed by atoms with E-state index in [0.717, 1.165) is 6.08 Å². The third-order valence-electron chi connectivity index (χ3n) is 2.61. The van der Waals surface area contributed by atoms with Crippen LogP contribution in [-0.4, -0.2) is 26.5 Å². The fourth-order valence-electron chi connectivity index (χ4n) is 1.66. The van der Waals surface area contributed by atoms with Crippen LogP contribution in [0.4, 0.5) is 5.69 Å². The van der Waals surface area contributed by atoms with Crippen LogP contribution in [0.5, 0.6) is 0 Å². The SMILES string of the molecule is Cn1cncc1C(=O)Nc1cccc(/C=C/C(=O)O)c1. The number of rotatable bonds is 4. The van der Waals surface area contributed by atoms with Gasteiger partial charge < -0.3 is 15.0 Å². The molecule has 0 bridgehead atoms. The average Bonchev–Trinajstić information content (AvgIpc) is 2.83. The Morgan fingerprint density at radius 1 is 1.40 bits per heavy atom. The zero-order chi connectivity index (χ0) is 14.5. The summed E-state index contributed by atoms with van der Waals surface area (Å²) in [6, 6.07) is 6.90. The summed E-state index contributed by atoms with van der Waals surface area (Å²) < 4.78 is 1.61. The van der Waals surface area contributed by atoms with Crippen molar-refractivity contribution in [2.75, 3.05) is 5.32 Å². The molecule has 0 saturated heterocycles. The number of carboxylic acid groups (broad SMARTS) is 1. The number of imidazole rings is 1. The maximum Gasteiger partial charge on any atom is 0.328 e. The molecule has 1 heterocycles. The minimum Gasteiger partial charge on any atom is -0.478 e. The smallest absolute Gasteiger partial charge is 0.328 e. The first kappa shape index (κ1) is 13.5. The van der Waals surface area contributed by atoms with Crippen LogP contribution in [0.25, 0.3) is 6.08 Å². The molecule has 2 N–H and O–H groups in total. The van der Waals surface area contributed by atoms with Gasteiger partial charge in [-0.25, -0.2) is 9.78 Å². The largest absolute Gasteiger partial charge is 0.478 e. The molecule has 0 aliphatic carbocycles. The molecule has 0 atom stereocenters. The van der Waals surface area contributed by atoms with E-state index in [0.29, 0.717) is 16.9 Å². The molecule has 6 heteroatoms. The standard InChI is InChI=1S/C14H13N3O3/c1-17-9-15-8-12(17)14(20)16-11-4-2-3-10(7-11)5-6-13(18)19/h2-9H,1H3,(H,16,20)(H,18,19)/b6-5+. The molecule has 0 fully saturated rings. The molecule has 2 aromatic rings. The number of aryl methyl sites for hydroxylation is 1. The number of nitrogens with one attached hydrogen (secondary N) is 1. The normalized spacial score (nSPS) is 10.7. The Bertz CT molecular complexity index is 674. The van der Waals surface area contributed by atoms with E-state index in [1.165, 1.54) is 12.3 Å². The van der Waals surface area contributed by atoms with Crippen molar-refractivity contribution in [2.45, 2.75) is 0 Å². The molecule has 102 valence electrons. The Labute approximate surface area is 115 Å². The van der Waals surface area contributed by atoms with Crippen LogP contribution in [0.15, 0.2) is 42.9 Å². The first-order chi connectivity index (χ1) is 9.56. The third-order valence-corrected chi connectivity index (χ3v) is 2.61. The molecular formula is C14H13N3O3. The van der Waals surface area contributed by atoms with Gasteiger partial charge in [-0.1, -0.05) is 12.1 Å². The third kappa shape index (κ3) is 3.32. The summed E-state index contributed by atoms with van der Waals surface area (Å²) in [6.07, 6.45) is 5.52. The van der Waals surface area contributed by atoms with E-state index in [4.69, 9.17) is 5.11 Å². The van der Waals surface area contributed by atoms with E-state index in [1.54, 1.807) is 42.2 Å². The topological polar surface area (TPSA) is 84.2 Å². The van der Waals surface area contributed by atoms with Crippen LogP contribution < -0.4 is 5.32 Å². The number of hydrogen-bond acceptors (Lipinski definition) is 3. The fourth-order valence-corrected chi connectivity index (χ4v) is 1.66. The van der Waals surface area contributed by atoms with E-state index in [1.807, 2.05) is 0 Å². The highest BCUT2D eigenvalue weighted by Crippen LogP contribution is 2.13. The van der Waals surface area contributed by atoms with Crippen molar-refractivity contribution >= 4 is 23.6 Å². The molecule has 0 radical (unpaired) electrons. The summed E-state index contributed by atoms with van der Waals surface area (Å²) in [5, 5.41) is 11.3. The Morgan fingerprint density at radius 2 is 2.20 bits per heavy atom. The Hall–Kier alpha value is -2.89. The van der Waals surface area contributed by atoms with E-state index in [-0.39, 0.29) is 5.91 Å². The van der Waals surface area contributed by atoms with Gasteiger partial charge in [0.2, 0.25) is 0 Å². The lowest BCUT2D eigenvalue weighted by atomic mass is 10.2. The van der Waals surface area contributed by atoms with Crippen molar-refractivity contribution in [3.8, 4) is 0 Å². The lowest BCUT2D eigenvalue weighted by Gasteiger charge is -2.06. The minimum absolute atomic E-state index is 0.274. The Kier molecular flexibility index (Phi) is 3.95. The number of carbonyl (C=O) groups excluding carboxylic acids is 1. The second kappa shape index (κ2) is 5.83. The predicted molar refractivity (Wildman–Crippen MR) is 74.3 cm³/mol. The van der Waals surface area contributed by atoms with Crippen LogP contribution in [0.3, 0.4) is 0 Å². The number of aromatic nitrogens is 2. The molecule has 1 amide bonds. The summed E-state index contributed by atoms with van der Waals surface area (Å²) in [6.45, 7) is 0. The van der Waals surface area contributed by atoms with Gasteiger partial charge in [-0.2, -0.15) is 0 Å². The van der Waals surface area contributed by atoms with Crippen LogP contribution in [0.1, 0.15) is 16.1 Å². The molecule has 0 spiro atoms. The number of nitrogens with zero attached hydrogens (tertiary/aromatic N) is 2. The van der Waals surface area contributed by atoms with Crippen molar-refractivity contribution in [2.24, 2.45) is 7.05 Å². The summed E-state index contributed by atoms with van der Waals surface area (Å²) >= 11 is 0. The highest BCUT2D eigenvalue weighted by atomic mass is 16.4. The summed E-state index contributed by atoms with van der Waals surface area (Å²) in [5.41, 5.74) is 1.72. The van der Waals surface area contributed by atoms with E-state index in [2.05, 4.69) is 10.3 Å². The van der Waals surface area contributed by atoms with Gasteiger partial charge in [-0.05, 0) is 23.8 Å². The van der Waals surface area contributed by atoms with Gasteiger partial charge in [-0.15, -0.1) is 0 Å². The molecule has 6 nitrogen and oxygen atoms in total. The number of anilines is 1. The van der Waals surface area contributed by atoms with Crippen molar-refractivity contribution in [3.05, 3.63) is 54.1 Å². The monoisotopic (exact) mass is 271 g/mol. The molecule has 1 aromatic carbocycles. The lowest BCUT2D eigenvalue weighted by molar-refractivity contribution is -0.131. The maximum atomic E-state index is 12.0. The van der Waals surface area contributed by atoms with Gasteiger partial charge >= 0.3 is 5.97 Å². The van der Waals surface area contributed by atoms with E-state index < -0.39 is 5.97 Å². The molecule has 0 aliphatic heterocycles. The van der Waals surface area contributed by atoms with Crippen molar-refractivity contribution in [3.63, 3.8) is 0 Å². The van der Waals surface area contributed by atoms with E-state index >= 15 is 0 Å². The Balaban J connectivity index is 2.14. The summed E-state index contributed by atoms with van der Waals surface area (Å²) in [4.78, 5) is 26.3. The Morgan fingerprint density at radius 3 is 2.85 bits per heavy atom. The highest BCUT2D eigenvalue weighted by Gasteiger charge is 2.09. The molecule has 0 aliphatic rings. The number of aliphatic carboxylic acids is 1. The zero-order valence-corrected chi connectivity index (χ0v) is 10.8. The second-order valence-corrected chi connectivity index (χ2v) is 4.14. The number of benzene rings is 1. The summed E-state index contributed by atoms with van der Waals surface area (Å²) in [5.74, 6) is -1.29. The van der Waals surface area contributed by atoms with Gasteiger partial charge in [0.25, 0.3) is 5.91 Å². The second-order valence-electron chi connectivity index (χ2n) is 4.14. The van der Waals surface area contributed by atoms with Crippen molar-refractivity contribution in [1.82, 2.24) is 9.55 Å². The quantitative estimate of drug-likeness (QED) is 0.830. The van der Waals surface area contributed by atoms with Crippen molar-refractivity contribution < 1.29 is 14.7 Å². The van der Waals surface area contributed by atoms with Gasteiger partial charge in [0, 0.05) is 18.8 Å². The summed E-state index contributed by atoms with van der Waals surface area (Å²) in [7, 11) is 1.73. The van der Waals surface area contributed by atoms with Gasteiger partial charge in [0.15, 0.2) is 0 Å². The zero-order valence-electron chi connectivity index (χ0n) is 10.8. The lowest BCUT2D eigenvalue weighted by Crippen LogP contribution is -2.15. The number of carboxylic acids is 1. The molecule has 0 saturated carbocycles. The molecule has 0 unspecified atom stereocenters. The number of amides is 1. The molecule has 2 rings (SSSR count). The average molecular weight is 271 g/mol. The number of carbonyl (C=O) groups is 2. The fraction of sp³-hybridized carbons (Fsp3) is 0.0714. The first-order valence-electron chi connectivity index (χ1n) is 5.85. The van der Waals surface area contributed by atoms with Gasteiger partial charge in [0.05, 0.1) is 12.5 Å². The first-order valence-corrected chi connectivity index (χ1v) is 5.85. The molecular weight excluding hydrogens is 258 g/mol. The predicted octanol–water partition coefficient (Wildman–Crippen LogP) is 1.77. The molecule has 1 aromatic heterocycles. The maximum absolute atomic E-state index is 12.0. The van der Waals surface area contributed by atoms with E-state index in [9.17, 15) is 9.59 Å². The molecule has 20 heavy (non-hydrogen) atoms. The van der Waals surface area contributed by atoms with Crippen LogP contribution in [0.2, 0.25) is 0 Å². The van der Waals surface area contributed by atoms with Crippen molar-refractivity contribution in [1.29, 1.82) is 0 Å². The van der Waals surface area contributed by atoms with Crippen LogP contribution in [0, 0.1) is 0 Å². The minimum atomic E-state index is -1.02. The van der Waals surface area contributed by atoms with Gasteiger partial charge in [-0.3, -0.25) is 4.79 Å². The highest BCUT2D eigenvalue weighted by molar-refractivity contribution is 6.03. The van der Waals surface area contributed by atoms with Crippen LogP contribution >= 0.6 is 0 Å². The van der Waals surface area contributed by atoms with Crippen LogP contribution in [-0.2, 0) is 11.8 Å². The van der Waals surface area contributed by atoms with Gasteiger partial charge in [0.1, 0.15) is 5.69 Å². The number of hydrogen-bond donors (Lipinski definition) is 2.